The summed E-state index contributed by atoms with van der Waals surface area (Å²) in [6.07, 6.45) is 1.00. The van der Waals surface area contributed by atoms with Crippen molar-refractivity contribution < 1.29 is 14.3 Å². The molecule has 1 atom stereocenters. The highest BCUT2D eigenvalue weighted by Gasteiger charge is 2.28. The minimum absolute atomic E-state index is 0.402. The first-order valence-corrected chi connectivity index (χ1v) is 4.31. The van der Waals surface area contributed by atoms with Crippen LogP contribution in [0.4, 0.5) is 4.79 Å². The van der Waals surface area contributed by atoms with Crippen LogP contribution in [0.1, 0.15) is 19.8 Å². The van der Waals surface area contributed by atoms with Crippen LogP contribution in [0.25, 0.3) is 0 Å². The highest BCUT2D eigenvalue weighted by Crippen LogP contribution is 2.09. The fourth-order valence-corrected chi connectivity index (χ4v) is 1.00. The number of carbonyl (C=O) groups is 2. The zero-order chi connectivity index (χ0) is 11.2. The highest BCUT2D eigenvalue weighted by molar-refractivity contribution is 5.79. The summed E-state index contributed by atoms with van der Waals surface area (Å²) in [5, 5.41) is 2.41. The van der Waals surface area contributed by atoms with Gasteiger partial charge in [0.2, 0.25) is 0 Å². The quantitative estimate of drug-likeness (QED) is 0.406. The number of methoxy groups -OCH3 is 1. The molecular weight excluding hydrogens is 186 g/mol. The molecule has 0 rings (SSSR count). The Morgan fingerprint density at radius 2 is 2.07 bits per heavy atom. The van der Waals surface area contributed by atoms with E-state index in [0.29, 0.717) is 19.4 Å². The molecule has 0 radical (unpaired) electrons. The fourth-order valence-electron chi connectivity index (χ4n) is 1.00. The van der Waals surface area contributed by atoms with E-state index < -0.39 is 17.5 Å². The molecule has 0 saturated heterocycles. The number of urea groups is 1. The maximum absolute atomic E-state index is 11.1. The molecule has 6 nitrogen and oxygen atoms in total. The van der Waals surface area contributed by atoms with Crippen molar-refractivity contribution in [3.8, 4) is 0 Å². The van der Waals surface area contributed by atoms with Gasteiger partial charge in [-0.2, -0.15) is 0 Å². The first-order chi connectivity index (χ1) is 6.40. The molecule has 14 heavy (non-hydrogen) atoms. The second-order valence-corrected chi connectivity index (χ2v) is 3.30. The van der Waals surface area contributed by atoms with Crippen molar-refractivity contribution in [2.45, 2.75) is 25.3 Å². The van der Waals surface area contributed by atoms with Crippen molar-refractivity contribution in [3.63, 3.8) is 0 Å². The van der Waals surface area contributed by atoms with Crippen LogP contribution in [0.5, 0.6) is 0 Å². The van der Waals surface area contributed by atoms with Crippen LogP contribution >= 0.6 is 0 Å². The zero-order valence-electron chi connectivity index (χ0n) is 8.50. The number of nitrogens with one attached hydrogen (secondary N) is 1. The van der Waals surface area contributed by atoms with Gasteiger partial charge in [0.05, 0.1) is 7.11 Å². The lowest BCUT2D eigenvalue weighted by Gasteiger charge is -2.20. The second kappa shape index (κ2) is 5.43. The minimum Gasteiger partial charge on any atom is -0.468 e. The van der Waals surface area contributed by atoms with Crippen molar-refractivity contribution in [2.75, 3.05) is 13.7 Å². The van der Waals surface area contributed by atoms with Gasteiger partial charge in [0.1, 0.15) is 5.54 Å². The molecule has 0 aromatic carbocycles. The van der Waals surface area contributed by atoms with Crippen molar-refractivity contribution in [1.82, 2.24) is 5.32 Å². The Balaban J connectivity index is 3.76. The molecule has 0 aliphatic rings. The summed E-state index contributed by atoms with van der Waals surface area (Å²) in [5.41, 5.74) is 9.52. The first kappa shape index (κ1) is 12.7. The number of nitrogens with two attached hydrogens (primary N) is 2. The molecule has 0 spiro atoms. The molecular formula is C8H17N3O3. The van der Waals surface area contributed by atoms with Crippen LogP contribution in [0.3, 0.4) is 0 Å². The monoisotopic (exact) mass is 203 g/mol. The van der Waals surface area contributed by atoms with E-state index in [1.165, 1.54) is 7.11 Å². The Bertz CT molecular complexity index is 216. The predicted octanol–water partition coefficient (Wildman–Crippen LogP) is -0.675. The average Bonchev–Trinajstić information content (AvgIpc) is 2.10. The van der Waals surface area contributed by atoms with E-state index in [1.54, 1.807) is 6.92 Å². The lowest BCUT2D eigenvalue weighted by atomic mass is 9.97. The molecule has 0 aliphatic heterocycles. The first-order valence-electron chi connectivity index (χ1n) is 4.31. The Morgan fingerprint density at radius 1 is 1.50 bits per heavy atom. The number of carbonyl (C=O) groups excluding carboxylic acids is 2. The molecule has 5 N–H and O–H groups in total. The Kier molecular flexibility index (Phi) is 4.93. The third-order valence-corrected chi connectivity index (χ3v) is 1.82. The minimum atomic E-state index is -1.01. The van der Waals surface area contributed by atoms with E-state index in [9.17, 15) is 9.59 Å². The lowest BCUT2D eigenvalue weighted by molar-refractivity contribution is -0.146. The molecule has 0 fully saturated rings. The summed E-state index contributed by atoms with van der Waals surface area (Å²) in [4.78, 5) is 21.4. The lowest BCUT2D eigenvalue weighted by Crippen LogP contribution is -2.46. The van der Waals surface area contributed by atoms with E-state index in [4.69, 9.17) is 11.5 Å². The Hall–Kier alpha value is -1.30. The van der Waals surface area contributed by atoms with E-state index in [-0.39, 0.29) is 0 Å². The SMILES string of the molecule is COC(=O)C(C)(N)CCCNC(N)=O. The standard InChI is InChI=1S/C8H17N3O3/c1-8(10,6(12)14-2)4-3-5-11-7(9)13/h3-5,10H2,1-2H3,(H3,9,11,13). The second-order valence-electron chi connectivity index (χ2n) is 3.30. The van der Waals surface area contributed by atoms with Gasteiger partial charge in [-0.3, -0.25) is 4.79 Å². The van der Waals surface area contributed by atoms with Gasteiger partial charge in [-0.1, -0.05) is 0 Å². The number of amides is 2. The van der Waals surface area contributed by atoms with Gasteiger partial charge >= 0.3 is 12.0 Å². The summed E-state index contributed by atoms with van der Waals surface area (Å²) >= 11 is 0. The molecule has 0 bridgehead atoms. The third kappa shape index (κ3) is 4.66. The average molecular weight is 203 g/mol. The van der Waals surface area contributed by atoms with Gasteiger partial charge in [0.25, 0.3) is 0 Å². The molecule has 0 heterocycles. The molecule has 1 unspecified atom stereocenters. The zero-order valence-corrected chi connectivity index (χ0v) is 8.50. The molecule has 0 aliphatic carbocycles. The van der Waals surface area contributed by atoms with Gasteiger partial charge in [-0.15, -0.1) is 0 Å². The topological polar surface area (TPSA) is 107 Å². The number of esters is 1. The number of ether oxygens (including phenoxy) is 1. The fraction of sp³-hybridized carbons (Fsp3) is 0.750. The van der Waals surface area contributed by atoms with E-state index in [1.807, 2.05) is 0 Å². The van der Waals surface area contributed by atoms with Crippen LogP contribution in [0.15, 0.2) is 0 Å². The van der Waals surface area contributed by atoms with Crippen LogP contribution in [-0.4, -0.2) is 31.2 Å². The van der Waals surface area contributed by atoms with Crippen molar-refractivity contribution in [1.29, 1.82) is 0 Å². The van der Waals surface area contributed by atoms with Crippen LogP contribution < -0.4 is 16.8 Å². The number of primary amides is 1. The molecule has 82 valence electrons. The summed E-state index contributed by atoms with van der Waals surface area (Å²) in [6.45, 7) is 1.99. The van der Waals surface area contributed by atoms with Crippen LogP contribution in [0, 0.1) is 0 Å². The summed E-state index contributed by atoms with van der Waals surface area (Å²) in [5.74, 6) is -0.462. The van der Waals surface area contributed by atoms with E-state index >= 15 is 0 Å². The van der Waals surface area contributed by atoms with Gasteiger partial charge in [-0.25, -0.2) is 4.79 Å². The molecule has 0 saturated carbocycles. The Labute approximate surface area is 83.0 Å². The number of hydrogen-bond donors (Lipinski definition) is 3. The van der Waals surface area contributed by atoms with Gasteiger partial charge < -0.3 is 21.5 Å². The molecule has 2 amide bonds. The van der Waals surface area contributed by atoms with Gasteiger partial charge in [-0.05, 0) is 19.8 Å². The van der Waals surface area contributed by atoms with Crippen molar-refractivity contribution in [3.05, 3.63) is 0 Å². The van der Waals surface area contributed by atoms with Crippen LogP contribution in [-0.2, 0) is 9.53 Å². The van der Waals surface area contributed by atoms with Crippen LogP contribution in [0.2, 0.25) is 0 Å². The highest BCUT2D eigenvalue weighted by atomic mass is 16.5. The largest absolute Gasteiger partial charge is 0.468 e. The third-order valence-electron chi connectivity index (χ3n) is 1.82. The predicted molar refractivity (Wildman–Crippen MR) is 51.4 cm³/mol. The van der Waals surface area contributed by atoms with Crippen molar-refractivity contribution in [2.24, 2.45) is 11.5 Å². The molecule has 0 aromatic heterocycles. The van der Waals surface area contributed by atoms with E-state index in [0.717, 1.165) is 0 Å². The summed E-state index contributed by atoms with van der Waals surface area (Å²) in [6, 6.07) is -0.582. The van der Waals surface area contributed by atoms with Gasteiger partial charge in [0.15, 0.2) is 0 Å². The molecule has 0 aromatic rings. The maximum Gasteiger partial charge on any atom is 0.325 e. The summed E-state index contributed by atoms with van der Waals surface area (Å²) < 4.78 is 4.52. The number of hydrogen-bond acceptors (Lipinski definition) is 4. The van der Waals surface area contributed by atoms with Gasteiger partial charge in [0, 0.05) is 6.54 Å². The summed E-state index contributed by atoms with van der Waals surface area (Å²) in [7, 11) is 1.29. The smallest absolute Gasteiger partial charge is 0.325 e. The van der Waals surface area contributed by atoms with Crippen molar-refractivity contribution >= 4 is 12.0 Å². The Morgan fingerprint density at radius 3 is 2.50 bits per heavy atom. The molecule has 6 heteroatoms. The number of rotatable bonds is 5. The normalized spacial score (nSPS) is 14.2. The maximum atomic E-state index is 11.1. The van der Waals surface area contributed by atoms with E-state index in [2.05, 4.69) is 10.1 Å².